The van der Waals surface area contributed by atoms with Gasteiger partial charge in [-0.3, -0.25) is 4.79 Å². The molecule has 0 spiro atoms. The van der Waals surface area contributed by atoms with Crippen LogP contribution in [-0.2, 0) is 4.79 Å². The molecular formula is C12H24N2O. The van der Waals surface area contributed by atoms with E-state index in [9.17, 15) is 4.79 Å². The molecule has 88 valence electrons. The molecule has 1 saturated carbocycles. The van der Waals surface area contributed by atoms with Gasteiger partial charge in [0.1, 0.15) is 0 Å². The van der Waals surface area contributed by atoms with Crippen LogP contribution in [0.2, 0.25) is 0 Å². The van der Waals surface area contributed by atoms with Crippen LogP contribution in [0.15, 0.2) is 0 Å². The minimum Gasteiger partial charge on any atom is -0.354 e. The highest BCUT2D eigenvalue weighted by Gasteiger charge is 2.34. The highest BCUT2D eigenvalue weighted by atomic mass is 16.1. The molecular weight excluding hydrogens is 188 g/mol. The molecule has 3 heteroatoms. The van der Waals surface area contributed by atoms with Gasteiger partial charge in [-0.2, -0.15) is 0 Å². The lowest BCUT2D eigenvalue weighted by Crippen LogP contribution is -2.44. The van der Waals surface area contributed by atoms with Crippen molar-refractivity contribution in [2.75, 3.05) is 19.6 Å². The Labute approximate surface area is 93.0 Å². The first kappa shape index (κ1) is 12.5. The maximum absolute atomic E-state index is 11.4. The molecule has 2 N–H and O–H groups in total. The Morgan fingerprint density at radius 2 is 2.07 bits per heavy atom. The molecule has 0 atom stereocenters. The Morgan fingerprint density at radius 3 is 2.53 bits per heavy atom. The summed E-state index contributed by atoms with van der Waals surface area (Å²) in [5.41, 5.74) is 0.431. The summed E-state index contributed by atoms with van der Waals surface area (Å²) in [4.78, 5) is 11.4. The van der Waals surface area contributed by atoms with Crippen LogP contribution >= 0.6 is 0 Å². The second-order valence-corrected chi connectivity index (χ2v) is 4.66. The fraction of sp³-hybridized carbons (Fsp3) is 0.917. The van der Waals surface area contributed by atoms with E-state index in [1.54, 1.807) is 0 Å². The maximum atomic E-state index is 11.4. The van der Waals surface area contributed by atoms with E-state index in [-0.39, 0.29) is 5.91 Å². The molecule has 3 nitrogen and oxygen atoms in total. The largest absolute Gasteiger partial charge is 0.354 e. The third-order valence-electron chi connectivity index (χ3n) is 3.54. The van der Waals surface area contributed by atoms with Gasteiger partial charge in [0.2, 0.25) is 5.91 Å². The lowest BCUT2D eigenvalue weighted by atomic mass is 9.67. The second kappa shape index (κ2) is 6.11. The lowest BCUT2D eigenvalue weighted by Gasteiger charge is -2.41. The molecule has 1 aliphatic carbocycles. The quantitative estimate of drug-likeness (QED) is 0.630. The van der Waals surface area contributed by atoms with Crippen LogP contribution in [0.4, 0.5) is 0 Å². The Kier molecular flexibility index (Phi) is 5.09. The number of hydrogen-bond donors (Lipinski definition) is 2. The Morgan fingerprint density at radius 1 is 1.33 bits per heavy atom. The summed E-state index contributed by atoms with van der Waals surface area (Å²) in [5.74, 6) is 0.142. The maximum Gasteiger partial charge on any atom is 0.233 e. The van der Waals surface area contributed by atoms with Gasteiger partial charge >= 0.3 is 0 Å². The first-order chi connectivity index (χ1) is 7.22. The van der Waals surface area contributed by atoms with Crippen molar-refractivity contribution in [1.29, 1.82) is 0 Å². The zero-order chi connectivity index (χ0) is 11.1. The number of hydrogen-bond acceptors (Lipinski definition) is 2. The third-order valence-corrected chi connectivity index (χ3v) is 3.54. The minimum atomic E-state index is 0.142. The van der Waals surface area contributed by atoms with Crippen molar-refractivity contribution in [2.24, 2.45) is 5.41 Å². The van der Waals surface area contributed by atoms with Crippen LogP contribution < -0.4 is 10.6 Å². The van der Waals surface area contributed by atoms with E-state index >= 15 is 0 Å². The first-order valence-electron chi connectivity index (χ1n) is 6.20. The van der Waals surface area contributed by atoms with E-state index in [0.717, 1.165) is 19.5 Å². The van der Waals surface area contributed by atoms with Crippen molar-refractivity contribution < 1.29 is 4.79 Å². The second-order valence-electron chi connectivity index (χ2n) is 4.66. The van der Waals surface area contributed by atoms with Gasteiger partial charge in [0.05, 0.1) is 6.54 Å². The average Bonchev–Trinajstić information content (AvgIpc) is 2.17. The van der Waals surface area contributed by atoms with Gasteiger partial charge < -0.3 is 10.6 Å². The molecule has 0 aliphatic heterocycles. The SMILES string of the molecule is CCCNCC(=O)NCC1(CC)CCC1. The van der Waals surface area contributed by atoms with Crippen molar-refractivity contribution >= 4 is 5.91 Å². The van der Waals surface area contributed by atoms with E-state index in [4.69, 9.17) is 0 Å². The number of carbonyl (C=O) groups excluding carboxylic acids is 1. The van der Waals surface area contributed by atoms with Gasteiger partial charge in [-0.15, -0.1) is 0 Å². The van der Waals surface area contributed by atoms with Crippen LogP contribution in [0.25, 0.3) is 0 Å². The molecule has 0 aromatic heterocycles. The molecule has 1 aliphatic rings. The summed E-state index contributed by atoms with van der Waals surface area (Å²) >= 11 is 0. The summed E-state index contributed by atoms with van der Waals surface area (Å²) in [6.07, 6.45) is 6.16. The van der Waals surface area contributed by atoms with E-state index in [1.165, 1.54) is 25.7 Å². The molecule has 1 amide bonds. The Balaban J connectivity index is 2.10. The van der Waals surface area contributed by atoms with Crippen molar-refractivity contribution in [1.82, 2.24) is 10.6 Å². The summed E-state index contributed by atoms with van der Waals surface area (Å²) in [6.45, 7) is 6.59. The van der Waals surface area contributed by atoms with Crippen LogP contribution in [0, 0.1) is 5.41 Å². The van der Waals surface area contributed by atoms with Gasteiger partial charge in [-0.25, -0.2) is 0 Å². The Bertz CT molecular complexity index is 194. The molecule has 0 heterocycles. The van der Waals surface area contributed by atoms with E-state index < -0.39 is 0 Å². The van der Waals surface area contributed by atoms with Gasteiger partial charge in [0.15, 0.2) is 0 Å². The van der Waals surface area contributed by atoms with Gasteiger partial charge in [0.25, 0.3) is 0 Å². The predicted octanol–water partition coefficient (Wildman–Crippen LogP) is 1.68. The first-order valence-corrected chi connectivity index (χ1v) is 6.20. The highest BCUT2D eigenvalue weighted by Crippen LogP contribution is 2.42. The normalized spacial score (nSPS) is 18.3. The van der Waals surface area contributed by atoms with Gasteiger partial charge in [0, 0.05) is 6.54 Å². The fourth-order valence-corrected chi connectivity index (χ4v) is 2.06. The van der Waals surface area contributed by atoms with Gasteiger partial charge in [-0.1, -0.05) is 20.3 Å². The van der Waals surface area contributed by atoms with Crippen molar-refractivity contribution in [2.45, 2.75) is 46.0 Å². The number of carbonyl (C=O) groups is 1. The average molecular weight is 212 g/mol. The summed E-state index contributed by atoms with van der Waals surface area (Å²) in [6, 6.07) is 0. The highest BCUT2D eigenvalue weighted by molar-refractivity contribution is 5.78. The molecule has 1 fully saturated rings. The van der Waals surface area contributed by atoms with Gasteiger partial charge in [-0.05, 0) is 37.6 Å². The molecule has 0 unspecified atom stereocenters. The van der Waals surface area contributed by atoms with Crippen LogP contribution in [0.5, 0.6) is 0 Å². The van der Waals surface area contributed by atoms with Crippen LogP contribution in [-0.4, -0.2) is 25.5 Å². The zero-order valence-electron chi connectivity index (χ0n) is 10.1. The lowest BCUT2D eigenvalue weighted by molar-refractivity contribution is -0.121. The summed E-state index contributed by atoms with van der Waals surface area (Å²) in [5, 5.41) is 6.15. The van der Waals surface area contributed by atoms with E-state index in [1.807, 2.05) is 0 Å². The molecule has 0 bridgehead atoms. The molecule has 0 aromatic carbocycles. The van der Waals surface area contributed by atoms with Crippen molar-refractivity contribution in [3.05, 3.63) is 0 Å². The number of rotatable bonds is 7. The summed E-state index contributed by atoms with van der Waals surface area (Å²) in [7, 11) is 0. The van der Waals surface area contributed by atoms with Crippen LogP contribution in [0.1, 0.15) is 46.0 Å². The summed E-state index contributed by atoms with van der Waals surface area (Å²) < 4.78 is 0. The van der Waals surface area contributed by atoms with E-state index in [2.05, 4.69) is 24.5 Å². The predicted molar refractivity (Wildman–Crippen MR) is 62.7 cm³/mol. The Hall–Kier alpha value is -0.570. The minimum absolute atomic E-state index is 0.142. The number of nitrogens with one attached hydrogen (secondary N) is 2. The van der Waals surface area contributed by atoms with Crippen molar-refractivity contribution in [3.63, 3.8) is 0 Å². The fourth-order valence-electron chi connectivity index (χ4n) is 2.06. The third kappa shape index (κ3) is 3.82. The molecule has 15 heavy (non-hydrogen) atoms. The molecule has 0 radical (unpaired) electrons. The molecule has 0 saturated heterocycles. The van der Waals surface area contributed by atoms with E-state index in [0.29, 0.717) is 12.0 Å². The monoisotopic (exact) mass is 212 g/mol. The smallest absolute Gasteiger partial charge is 0.233 e. The topological polar surface area (TPSA) is 41.1 Å². The number of amides is 1. The van der Waals surface area contributed by atoms with Crippen molar-refractivity contribution in [3.8, 4) is 0 Å². The molecule has 0 aromatic rings. The standard InChI is InChI=1S/C12H24N2O/c1-3-8-13-9-11(15)14-10-12(4-2)6-5-7-12/h13H,3-10H2,1-2H3,(H,14,15). The van der Waals surface area contributed by atoms with Crippen LogP contribution in [0.3, 0.4) is 0 Å². The zero-order valence-corrected chi connectivity index (χ0v) is 10.1. The molecule has 1 rings (SSSR count).